The van der Waals surface area contributed by atoms with Crippen LogP contribution in [0.1, 0.15) is 39.5 Å². The van der Waals surface area contributed by atoms with E-state index in [1.165, 1.54) is 0 Å². The van der Waals surface area contributed by atoms with Gasteiger partial charge in [0.2, 0.25) is 0 Å². The first-order chi connectivity index (χ1) is 8.06. The number of hydrogen-bond donors (Lipinski definition) is 0. The first-order valence-corrected chi connectivity index (χ1v) is 6.21. The van der Waals surface area contributed by atoms with Crippen molar-refractivity contribution >= 4 is 11.9 Å². The van der Waals surface area contributed by atoms with Gasteiger partial charge in [-0.1, -0.05) is 26.0 Å². The number of hydrogen-bond acceptors (Lipinski definition) is 3. The lowest BCUT2D eigenvalue weighted by molar-refractivity contribution is -0.154. The van der Waals surface area contributed by atoms with E-state index in [0.29, 0.717) is 23.0 Å². The quantitative estimate of drug-likeness (QED) is 0.545. The second-order valence-corrected chi connectivity index (χ2v) is 5.23. The molecule has 0 aliphatic heterocycles. The summed E-state index contributed by atoms with van der Waals surface area (Å²) in [5, 5.41) is 0. The molecule has 0 heterocycles. The fourth-order valence-electron chi connectivity index (χ4n) is 2.32. The molecule has 2 aliphatic rings. The smallest absolute Gasteiger partial charge is 0.341 e. The van der Waals surface area contributed by atoms with E-state index in [1.807, 2.05) is 12.2 Å². The fourth-order valence-corrected chi connectivity index (χ4v) is 2.32. The average molecular weight is 234 g/mol. The van der Waals surface area contributed by atoms with Crippen LogP contribution >= 0.6 is 0 Å². The van der Waals surface area contributed by atoms with Crippen LogP contribution in [0, 0.1) is 11.8 Å². The van der Waals surface area contributed by atoms with Gasteiger partial charge in [-0.25, -0.2) is 9.59 Å². The lowest BCUT2D eigenvalue weighted by Gasteiger charge is -2.05. The molecule has 3 heteroatoms. The molecule has 2 atom stereocenters. The molecule has 2 aliphatic carbocycles. The Balaban J connectivity index is 1.89. The van der Waals surface area contributed by atoms with Crippen LogP contribution in [-0.4, -0.2) is 11.9 Å². The molecule has 17 heavy (non-hydrogen) atoms. The summed E-state index contributed by atoms with van der Waals surface area (Å²) in [5.41, 5.74) is 1.30. The Morgan fingerprint density at radius 2 is 1.41 bits per heavy atom. The number of esters is 2. The van der Waals surface area contributed by atoms with E-state index in [2.05, 4.69) is 13.8 Å². The van der Waals surface area contributed by atoms with Gasteiger partial charge < -0.3 is 4.74 Å². The molecule has 92 valence electrons. The number of rotatable bonds is 2. The largest absolute Gasteiger partial charge is 0.386 e. The first-order valence-electron chi connectivity index (χ1n) is 6.21. The van der Waals surface area contributed by atoms with E-state index in [0.717, 1.165) is 25.7 Å². The van der Waals surface area contributed by atoms with E-state index in [9.17, 15) is 9.59 Å². The third-order valence-corrected chi connectivity index (χ3v) is 3.38. The predicted octanol–water partition coefficient (Wildman–Crippen LogP) is 2.77. The minimum Gasteiger partial charge on any atom is -0.386 e. The van der Waals surface area contributed by atoms with Crippen molar-refractivity contribution < 1.29 is 14.3 Å². The highest BCUT2D eigenvalue weighted by Crippen LogP contribution is 2.27. The van der Waals surface area contributed by atoms with Crippen LogP contribution in [0.4, 0.5) is 0 Å². The van der Waals surface area contributed by atoms with Gasteiger partial charge in [0.25, 0.3) is 0 Å². The molecular formula is C14H18O3. The Hall–Kier alpha value is -1.38. The summed E-state index contributed by atoms with van der Waals surface area (Å²) in [6.07, 6.45) is 7.01. The van der Waals surface area contributed by atoms with Gasteiger partial charge >= 0.3 is 11.9 Å². The molecule has 0 spiro atoms. The van der Waals surface area contributed by atoms with Gasteiger partial charge in [-0.3, -0.25) is 0 Å². The highest BCUT2D eigenvalue weighted by Gasteiger charge is 2.25. The SMILES string of the molecule is CC1CC=C(C(=O)OC(=O)C2=CCC(C)C2)C1. The number of carbonyl (C=O) groups is 2. The van der Waals surface area contributed by atoms with Crippen molar-refractivity contribution in [1.29, 1.82) is 0 Å². The van der Waals surface area contributed by atoms with E-state index < -0.39 is 11.9 Å². The lowest BCUT2D eigenvalue weighted by Crippen LogP contribution is -2.15. The van der Waals surface area contributed by atoms with Crippen LogP contribution in [-0.2, 0) is 14.3 Å². The minimum absolute atomic E-state index is 0.459. The van der Waals surface area contributed by atoms with Crippen molar-refractivity contribution in [2.75, 3.05) is 0 Å². The Labute approximate surface area is 102 Å². The summed E-state index contributed by atoms with van der Waals surface area (Å²) >= 11 is 0. The summed E-state index contributed by atoms with van der Waals surface area (Å²) in [7, 11) is 0. The topological polar surface area (TPSA) is 43.4 Å². The van der Waals surface area contributed by atoms with E-state index in [1.54, 1.807) is 0 Å². The number of carbonyl (C=O) groups excluding carboxylic acids is 2. The Morgan fingerprint density at radius 1 is 1.00 bits per heavy atom. The van der Waals surface area contributed by atoms with Gasteiger partial charge in [0.15, 0.2) is 0 Å². The summed E-state index contributed by atoms with van der Waals surface area (Å²) in [6, 6.07) is 0. The molecule has 2 rings (SSSR count). The number of allylic oxidation sites excluding steroid dienone is 2. The molecule has 0 bridgehead atoms. The maximum absolute atomic E-state index is 11.7. The van der Waals surface area contributed by atoms with Crippen LogP contribution in [0.15, 0.2) is 23.3 Å². The van der Waals surface area contributed by atoms with Crippen molar-refractivity contribution in [3.8, 4) is 0 Å². The van der Waals surface area contributed by atoms with E-state index in [4.69, 9.17) is 4.74 Å². The van der Waals surface area contributed by atoms with Gasteiger partial charge in [0.1, 0.15) is 0 Å². The summed E-state index contributed by atoms with van der Waals surface area (Å²) in [4.78, 5) is 23.4. The molecule has 2 unspecified atom stereocenters. The van der Waals surface area contributed by atoms with Crippen LogP contribution in [0.5, 0.6) is 0 Å². The normalized spacial score (nSPS) is 27.6. The monoisotopic (exact) mass is 234 g/mol. The van der Waals surface area contributed by atoms with Crippen molar-refractivity contribution in [3.05, 3.63) is 23.3 Å². The molecule has 0 aromatic heterocycles. The third-order valence-electron chi connectivity index (χ3n) is 3.38. The predicted molar refractivity (Wildman–Crippen MR) is 64.1 cm³/mol. The summed E-state index contributed by atoms with van der Waals surface area (Å²) < 4.78 is 4.90. The molecule has 0 saturated heterocycles. The molecule has 0 aromatic carbocycles. The minimum atomic E-state index is -0.459. The maximum atomic E-state index is 11.7. The van der Waals surface area contributed by atoms with Gasteiger partial charge in [-0.2, -0.15) is 0 Å². The zero-order valence-corrected chi connectivity index (χ0v) is 10.4. The maximum Gasteiger partial charge on any atom is 0.341 e. The first kappa shape index (κ1) is 12.1. The molecule has 0 N–H and O–H groups in total. The molecule has 0 radical (unpaired) electrons. The van der Waals surface area contributed by atoms with Gasteiger partial charge in [0.05, 0.1) is 0 Å². The van der Waals surface area contributed by atoms with Crippen molar-refractivity contribution in [2.24, 2.45) is 11.8 Å². The Morgan fingerprint density at radius 3 is 1.71 bits per heavy atom. The second kappa shape index (κ2) is 4.86. The van der Waals surface area contributed by atoms with E-state index in [-0.39, 0.29) is 0 Å². The molecular weight excluding hydrogens is 216 g/mol. The molecule has 0 aromatic rings. The van der Waals surface area contributed by atoms with Crippen LogP contribution in [0.3, 0.4) is 0 Å². The fraction of sp³-hybridized carbons (Fsp3) is 0.571. The summed E-state index contributed by atoms with van der Waals surface area (Å²) in [5.74, 6) is 0.0522. The van der Waals surface area contributed by atoms with Gasteiger partial charge in [-0.05, 0) is 37.5 Å². The highest BCUT2D eigenvalue weighted by atomic mass is 16.6. The summed E-state index contributed by atoms with van der Waals surface area (Å²) in [6.45, 7) is 4.17. The van der Waals surface area contributed by atoms with Crippen LogP contribution < -0.4 is 0 Å². The average Bonchev–Trinajstić information content (AvgIpc) is 2.87. The zero-order valence-electron chi connectivity index (χ0n) is 10.4. The van der Waals surface area contributed by atoms with Crippen molar-refractivity contribution in [1.82, 2.24) is 0 Å². The number of ether oxygens (including phenoxy) is 1. The standard InChI is InChI=1S/C14H18O3/c1-9-3-5-11(7-9)13(15)17-14(16)12-6-4-10(2)8-12/h5-6,9-10H,3-4,7-8H2,1-2H3. The van der Waals surface area contributed by atoms with E-state index >= 15 is 0 Å². The van der Waals surface area contributed by atoms with Crippen LogP contribution in [0.2, 0.25) is 0 Å². The van der Waals surface area contributed by atoms with Crippen LogP contribution in [0.25, 0.3) is 0 Å². The van der Waals surface area contributed by atoms with Crippen molar-refractivity contribution in [2.45, 2.75) is 39.5 Å². The molecule has 0 fully saturated rings. The molecule has 0 saturated carbocycles. The highest BCUT2D eigenvalue weighted by molar-refractivity contribution is 6.02. The Kier molecular flexibility index (Phi) is 3.46. The van der Waals surface area contributed by atoms with Crippen molar-refractivity contribution in [3.63, 3.8) is 0 Å². The zero-order chi connectivity index (χ0) is 12.4. The third kappa shape index (κ3) is 2.84. The second-order valence-electron chi connectivity index (χ2n) is 5.23. The van der Waals surface area contributed by atoms with Gasteiger partial charge in [-0.15, -0.1) is 0 Å². The lowest BCUT2D eigenvalue weighted by atomic mass is 10.1. The Bertz CT molecular complexity index is 366. The molecule has 3 nitrogen and oxygen atoms in total. The van der Waals surface area contributed by atoms with Gasteiger partial charge in [0, 0.05) is 11.1 Å². The molecule has 0 amide bonds.